The van der Waals surface area contributed by atoms with Gasteiger partial charge in [-0.05, 0) is 18.2 Å². The molecule has 0 saturated carbocycles. The maximum atomic E-state index is 12.3. The Balaban J connectivity index is 1.62. The molecule has 130 valence electrons. The Morgan fingerprint density at radius 1 is 1.15 bits per heavy atom. The van der Waals surface area contributed by atoms with E-state index < -0.39 is 0 Å². The van der Waals surface area contributed by atoms with Crippen LogP contribution in [0.25, 0.3) is 22.4 Å². The van der Waals surface area contributed by atoms with Gasteiger partial charge in [-0.15, -0.1) is 0 Å². The van der Waals surface area contributed by atoms with E-state index in [1.165, 1.54) is 0 Å². The number of imidazole rings is 1. The van der Waals surface area contributed by atoms with E-state index >= 15 is 0 Å². The van der Waals surface area contributed by atoms with Crippen LogP contribution >= 0.6 is 0 Å². The normalized spacial score (nSPS) is 14.0. The third-order valence-electron chi connectivity index (χ3n) is 4.34. The average Bonchev–Trinajstić information content (AvgIpc) is 2.99. The number of nitrogens with zero attached hydrogens (tertiary/aromatic N) is 3. The number of hydrazone groups is 1. The largest absolute Gasteiger partial charge is 0.327 e. The van der Waals surface area contributed by atoms with Gasteiger partial charge in [0.1, 0.15) is 11.5 Å². The lowest BCUT2D eigenvalue weighted by Crippen LogP contribution is -2.32. The lowest BCUT2D eigenvalue weighted by Gasteiger charge is -2.12. The molecular weight excluding hydrogens is 330 g/mol. The van der Waals surface area contributed by atoms with Crippen molar-refractivity contribution in [1.29, 1.82) is 0 Å². The zero-order chi connectivity index (χ0) is 18.1. The Bertz CT molecular complexity index is 1040. The highest BCUT2D eigenvalue weighted by molar-refractivity contribution is 6.43. The van der Waals surface area contributed by atoms with Gasteiger partial charge in [0.15, 0.2) is 0 Å². The van der Waals surface area contributed by atoms with Crippen LogP contribution in [0.4, 0.5) is 5.69 Å². The van der Waals surface area contributed by atoms with Crippen LogP contribution < -0.4 is 10.7 Å². The number of rotatable bonds is 3. The zero-order valence-corrected chi connectivity index (χ0v) is 14.2. The number of aromatic nitrogens is 2. The molecule has 0 radical (unpaired) electrons. The molecule has 0 aliphatic carbocycles. The van der Waals surface area contributed by atoms with Crippen LogP contribution in [0.15, 0.2) is 53.6 Å². The molecule has 0 saturated heterocycles. The van der Waals surface area contributed by atoms with Gasteiger partial charge >= 0.3 is 0 Å². The van der Waals surface area contributed by atoms with Crippen molar-refractivity contribution in [2.75, 3.05) is 5.32 Å². The van der Waals surface area contributed by atoms with Crippen LogP contribution in [0.3, 0.4) is 0 Å². The number of nitrogens with one attached hydrogen (secondary N) is 2. The van der Waals surface area contributed by atoms with Crippen molar-refractivity contribution in [3.63, 3.8) is 0 Å². The van der Waals surface area contributed by atoms with Crippen LogP contribution in [0.1, 0.15) is 12.8 Å². The lowest BCUT2D eigenvalue weighted by atomic mass is 10.1. The summed E-state index contributed by atoms with van der Waals surface area (Å²) in [5.41, 5.74) is 6.09. The Morgan fingerprint density at radius 2 is 1.96 bits per heavy atom. The molecule has 0 spiro atoms. The van der Waals surface area contributed by atoms with E-state index in [0.717, 1.165) is 22.4 Å². The first kappa shape index (κ1) is 16.0. The molecule has 0 atom stereocenters. The first-order valence-corrected chi connectivity index (χ1v) is 8.30. The van der Waals surface area contributed by atoms with Gasteiger partial charge in [-0.1, -0.05) is 30.3 Å². The van der Waals surface area contributed by atoms with Crippen LogP contribution in [0, 0.1) is 0 Å². The fourth-order valence-electron chi connectivity index (χ4n) is 2.96. The van der Waals surface area contributed by atoms with Crippen LogP contribution in [-0.2, 0) is 16.6 Å². The molecule has 0 fully saturated rings. The van der Waals surface area contributed by atoms with Crippen molar-refractivity contribution in [3.05, 3.63) is 48.5 Å². The highest BCUT2D eigenvalue weighted by atomic mass is 16.2. The standard InChI is InChI=1S/C19H17N5O2/c1-24-16-9-7-13(20-19(26)14-8-10-17(25)23-22-14)11-15(16)21-18(24)12-5-3-2-4-6-12/h2-7,9,11H,8,10H2,1H3,(H,20,26)(H,23,25). The molecule has 2 heterocycles. The highest BCUT2D eigenvalue weighted by Crippen LogP contribution is 2.25. The van der Waals surface area contributed by atoms with Gasteiger partial charge in [-0.3, -0.25) is 9.59 Å². The van der Waals surface area contributed by atoms with Crippen molar-refractivity contribution in [2.45, 2.75) is 12.8 Å². The summed E-state index contributed by atoms with van der Waals surface area (Å²) in [6.45, 7) is 0. The molecule has 7 nitrogen and oxygen atoms in total. The minimum absolute atomic E-state index is 0.176. The minimum atomic E-state index is -0.316. The van der Waals surface area contributed by atoms with E-state index in [1.807, 2.05) is 60.1 Å². The third-order valence-corrected chi connectivity index (χ3v) is 4.34. The van der Waals surface area contributed by atoms with E-state index in [1.54, 1.807) is 0 Å². The van der Waals surface area contributed by atoms with E-state index in [9.17, 15) is 9.59 Å². The summed E-state index contributed by atoms with van der Waals surface area (Å²) < 4.78 is 2.02. The van der Waals surface area contributed by atoms with Crippen molar-refractivity contribution in [3.8, 4) is 11.4 Å². The van der Waals surface area contributed by atoms with Gasteiger partial charge in [0, 0.05) is 31.1 Å². The summed E-state index contributed by atoms with van der Waals surface area (Å²) in [6, 6.07) is 15.5. The van der Waals surface area contributed by atoms with Crippen molar-refractivity contribution < 1.29 is 9.59 Å². The second-order valence-corrected chi connectivity index (χ2v) is 6.11. The predicted molar refractivity (Wildman–Crippen MR) is 99.6 cm³/mol. The molecular formula is C19H17N5O2. The van der Waals surface area contributed by atoms with Crippen molar-refractivity contribution in [2.24, 2.45) is 12.1 Å². The van der Waals surface area contributed by atoms with Gasteiger partial charge in [0.05, 0.1) is 11.0 Å². The number of anilines is 1. The van der Waals surface area contributed by atoms with Gasteiger partial charge in [0.2, 0.25) is 5.91 Å². The molecule has 0 bridgehead atoms. The lowest BCUT2D eigenvalue weighted by molar-refractivity contribution is -0.121. The second kappa shape index (κ2) is 6.44. The quantitative estimate of drug-likeness (QED) is 0.763. The van der Waals surface area contributed by atoms with Gasteiger partial charge in [-0.2, -0.15) is 5.10 Å². The van der Waals surface area contributed by atoms with E-state index in [2.05, 4.69) is 15.8 Å². The third kappa shape index (κ3) is 2.95. The molecule has 1 aliphatic heterocycles. The monoisotopic (exact) mass is 347 g/mol. The number of hydrogen-bond acceptors (Lipinski definition) is 4. The van der Waals surface area contributed by atoms with Gasteiger partial charge in [0.25, 0.3) is 5.91 Å². The summed E-state index contributed by atoms with van der Waals surface area (Å²) >= 11 is 0. The maximum Gasteiger partial charge on any atom is 0.271 e. The highest BCUT2D eigenvalue weighted by Gasteiger charge is 2.19. The summed E-state index contributed by atoms with van der Waals surface area (Å²) in [5.74, 6) is 0.372. The Kier molecular flexibility index (Phi) is 3.96. The fourth-order valence-corrected chi connectivity index (χ4v) is 2.96. The first-order chi connectivity index (χ1) is 12.6. The molecule has 1 aromatic heterocycles. The number of hydrogen-bond donors (Lipinski definition) is 2. The zero-order valence-electron chi connectivity index (χ0n) is 14.2. The van der Waals surface area contributed by atoms with Crippen LogP contribution in [0.5, 0.6) is 0 Å². The molecule has 4 rings (SSSR count). The fraction of sp³-hybridized carbons (Fsp3) is 0.158. The van der Waals surface area contributed by atoms with Crippen LogP contribution in [0.2, 0.25) is 0 Å². The number of carbonyl (C=O) groups is 2. The minimum Gasteiger partial charge on any atom is -0.327 e. The molecule has 1 aliphatic rings. The summed E-state index contributed by atoms with van der Waals surface area (Å²) in [7, 11) is 1.97. The summed E-state index contributed by atoms with van der Waals surface area (Å²) in [6.07, 6.45) is 0.605. The van der Waals surface area contributed by atoms with Gasteiger partial charge < -0.3 is 9.88 Å². The second-order valence-electron chi connectivity index (χ2n) is 6.11. The molecule has 7 heteroatoms. The number of aryl methyl sites for hydroxylation is 1. The average molecular weight is 347 g/mol. The smallest absolute Gasteiger partial charge is 0.271 e. The van der Waals surface area contributed by atoms with E-state index in [-0.39, 0.29) is 18.2 Å². The molecule has 0 unspecified atom stereocenters. The summed E-state index contributed by atoms with van der Waals surface area (Å²) in [4.78, 5) is 28.1. The maximum absolute atomic E-state index is 12.3. The van der Waals surface area contributed by atoms with Crippen molar-refractivity contribution >= 4 is 34.2 Å². The number of amides is 2. The van der Waals surface area contributed by atoms with E-state index in [4.69, 9.17) is 4.98 Å². The number of carbonyl (C=O) groups excluding carboxylic acids is 2. The number of benzene rings is 2. The topological polar surface area (TPSA) is 88.4 Å². The molecule has 2 N–H and O–H groups in total. The summed E-state index contributed by atoms with van der Waals surface area (Å²) in [5, 5.41) is 6.63. The number of fused-ring (bicyclic) bond motifs is 1. The van der Waals surface area contributed by atoms with E-state index in [0.29, 0.717) is 17.8 Å². The molecule has 26 heavy (non-hydrogen) atoms. The molecule has 3 aromatic rings. The van der Waals surface area contributed by atoms with Crippen LogP contribution in [-0.4, -0.2) is 27.1 Å². The van der Waals surface area contributed by atoms with Crippen molar-refractivity contribution in [1.82, 2.24) is 15.0 Å². The first-order valence-electron chi connectivity index (χ1n) is 8.30. The Labute approximate surface area is 149 Å². The molecule has 2 aromatic carbocycles. The molecule has 2 amide bonds. The van der Waals surface area contributed by atoms with Gasteiger partial charge in [-0.25, -0.2) is 10.4 Å². The SMILES string of the molecule is Cn1c(-c2ccccc2)nc2cc(NC(=O)C3=NNC(=O)CC3)ccc21. The predicted octanol–water partition coefficient (Wildman–Crippen LogP) is 2.44. The Morgan fingerprint density at radius 3 is 2.69 bits per heavy atom. The Hall–Kier alpha value is -3.48.